The Kier molecular flexibility index (Phi) is 6.59. The SMILES string of the molecule is CCOCCCNC(=O)c1nnc2n(c1=O)CCN2c1ccc(OCC)cc1. The van der Waals surface area contributed by atoms with E-state index in [0.29, 0.717) is 51.8 Å². The van der Waals surface area contributed by atoms with Crippen molar-refractivity contribution < 1.29 is 14.3 Å². The molecule has 0 atom stereocenters. The van der Waals surface area contributed by atoms with E-state index in [0.717, 1.165) is 11.4 Å². The molecule has 3 rings (SSSR count). The minimum atomic E-state index is -0.510. The molecule has 2 aromatic rings. The molecule has 1 aliphatic rings. The molecule has 0 fully saturated rings. The fraction of sp³-hybridized carbons (Fsp3) is 0.474. The van der Waals surface area contributed by atoms with Crippen LogP contribution in [0.15, 0.2) is 29.1 Å². The van der Waals surface area contributed by atoms with Gasteiger partial charge in [-0.25, -0.2) is 0 Å². The fourth-order valence-electron chi connectivity index (χ4n) is 2.99. The first-order valence-electron chi connectivity index (χ1n) is 9.49. The third-order valence-electron chi connectivity index (χ3n) is 4.35. The van der Waals surface area contributed by atoms with Crippen LogP contribution < -0.4 is 20.5 Å². The summed E-state index contributed by atoms with van der Waals surface area (Å²) in [7, 11) is 0. The first kappa shape index (κ1) is 19.8. The molecule has 28 heavy (non-hydrogen) atoms. The van der Waals surface area contributed by atoms with Crippen LogP contribution in [0.4, 0.5) is 11.6 Å². The Labute approximate surface area is 163 Å². The molecule has 1 aliphatic heterocycles. The zero-order valence-corrected chi connectivity index (χ0v) is 16.2. The van der Waals surface area contributed by atoms with Crippen LogP contribution in [-0.2, 0) is 11.3 Å². The summed E-state index contributed by atoms with van der Waals surface area (Å²) >= 11 is 0. The minimum Gasteiger partial charge on any atom is -0.494 e. The highest BCUT2D eigenvalue weighted by molar-refractivity contribution is 5.91. The zero-order valence-electron chi connectivity index (χ0n) is 16.2. The maximum atomic E-state index is 12.7. The highest BCUT2D eigenvalue weighted by Gasteiger charge is 2.27. The lowest BCUT2D eigenvalue weighted by Crippen LogP contribution is -2.35. The standard InChI is InChI=1S/C19H25N5O4/c1-3-27-13-5-10-20-17(25)16-18(26)24-12-11-23(19(24)22-21-16)14-6-8-15(9-7-14)28-4-2/h6-9H,3-5,10-13H2,1-2H3,(H,20,25). The molecule has 0 bridgehead atoms. The number of amides is 1. The van der Waals surface area contributed by atoms with E-state index in [9.17, 15) is 9.59 Å². The predicted octanol–water partition coefficient (Wildman–Crippen LogP) is 1.35. The van der Waals surface area contributed by atoms with E-state index < -0.39 is 11.5 Å². The summed E-state index contributed by atoms with van der Waals surface area (Å²) < 4.78 is 12.2. The first-order chi connectivity index (χ1) is 13.7. The molecule has 1 N–H and O–H groups in total. The summed E-state index contributed by atoms with van der Waals surface area (Å²) in [6.45, 7) is 7.08. The molecular formula is C19H25N5O4. The number of hydrogen-bond donors (Lipinski definition) is 1. The summed E-state index contributed by atoms with van der Waals surface area (Å²) in [5.41, 5.74) is 0.269. The second kappa shape index (κ2) is 9.32. The van der Waals surface area contributed by atoms with E-state index >= 15 is 0 Å². The number of carbonyl (C=O) groups is 1. The van der Waals surface area contributed by atoms with Crippen LogP contribution in [0.3, 0.4) is 0 Å². The second-order valence-electron chi connectivity index (χ2n) is 6.19. The molecule has 0 radical (unpaired) electrons. The molecule has 0 saturated heterocycles. The summed E-state index contributed by atoms with van der Waals surface area (Å²) in [6.07, 6.45) is 0.671. The Hall–Kier alpha value is -2.94. The maximum absolute atomic E-state index is 12.7. The fourth-order valence-corrected chi connectivity index (χ4v) is 2.99. The van der Waals surface area contributed by atoms with Crippen molar-refractivity contribution in [3.63, 3.8) is 0 Å². The van der Waals surface area contributed by atoms with Gasteiger partial charge in [-0.3, -0.25) is 14.2 Å². The number of nitrogens with zero attached hydrogens (tertiary/aromatic N) is 4. The minimum absolute atomic E-state index is 0.186. The van der Waals surface area contributed by atoms with Crippen LogP contribution in [0, 0.1) is 0 Å². The maximum Gasteiger partial charge on any atom is 0.286 e. The largest absolute Gasteiger partial charge is 0.494 e. The van der Waals surface area contributed by atoms with Gasteiger partial charge in [-0.2, -0.15) is 0 Å². The first-order valence-corrected chi connectivity index (χ1v) is 9.49. The number of fused-ring (bicyclic) bond motifs is 1. The lowest BCUT2D eigenvalue weighted by Gasteiger charge is -2.17. The predicted molar refractivity (Wildman–Crippen MR) is 104 cm³/mol. The zero-order chi connectivity index (χ0) is 19.9. The smallest absolute Gasteiger partial charge is 0.286 e. The van der Waals surface area contributed by atoms with E-state index in [-0.39, 0.29) is 5.69 Å². The second-order valence-corrected chi connectivity index (χ2v) is 6.19. The normalized spacial score (nSPS) is 12.7. The highest BCUT2D eigenvalue weighted by Crippen LogP contribution is 2.28. The van der Waals surface area contributed by atoms with Crippen LogP contribution in [0.5, 0.6) is 5.75 Å². The molecule has 9 heteroatoms. The molecule has 2 heterocycles. The third-order valence-corrected chi connectivity index (χ3v) is 4.35. The molecule has 150 valence electrons. The van der Waals surface area contributed by atoms with Gasteiger partial charge >= 0.3 is 0 Å². The van der Waals surface area contributed by atoms with Crippen molar-refractivity contribution in [2.75, 3.05) is 37.8 Å². The van der Waals surface area contributed by atoms with Gasteiger partial charge in [-0.1, -0.05) is 0 Å². The van der Waals surface area contributed by atoms with Crippen molar-refractivity contribution in [2.24, 2.45) is 0 Å². The number of nitrogens with one attached hydrogen (secondary N) is 1. The summed E-state index contributed by atoms with van der Waals surface area (Å²) in [5.74, 6) is 0.705. The average Bonchev–Trinajstić information content (AvgIpc) is 3.14. The van der Waals surface area contributed by atoms with Crippen LogP contribution >= 0.6 is 0 Å². The third kappa shape index (κ3) is 4.30. The van der Waals surface area contributed by atoms with Crippen molar-refractivity contribution in [2.45, 2.75) is 26.8 Å². The molecule has 1 amide bonds. The number of benzene rings is 1. The topological polar surface area (TPSA) is 98.6 Å². The van der Waals surface area contributed by atoms with Gasteiger partial charge in [-0.15, -0.1) is 10.2 Å². The van der Waals surface area contributed by atoms with E-state index in [4.69, 9.17) is 9.47 Å². The van der Waals surface area contributed by atoms with E-state index in [2.05, 4.69) is 15.5 Å². The Morgan fingerprint density at radius 1 is 1.14 bits per heavy atom. The van der Waals surface area contributed by atoms with Crippen molar-refractivity contribution >= 4 is 17.5 Å². The molecule has 0 unspecified atom stereocenters. The Morgan fingerprint density at radius 3 is 2.64 bits per heavy atom. The number of ether oxygens (including phenoxy) is 2. The summed E-state index contributed by atoms with van der Waals surface area (Å²) in [4.78, 5) is 26.8. The summed E-state index contributed by atoms with van der Waals surface area (Å²) in [6, 6.07) is 7.56. The number of rotatable bonds is 9. The number of carbonyl (C=O) groups excluding carboxylic acids is 1. The monoisotopic (exact) mass is 387 g/mol. The van der Waals surface area contributed by atoms with Gasteiger partial charge in [0.15, 0.2) is 0 Å². The van der Waals surface area contributed by atoms with Gasteiger partial charge in [0.1, 0.15) is 5.75 Å². The van der Waals surface area contributed by atoms with Gasteiger partial charge in [-0.05, 0) is 44.5 Å². The van der Waals surface area contributed by atoms with Crippen LogP contribution in [0.1, 0.15) is 30.8 Å². The van der Waals surface area contributed by atoms with Crippen molar-refractivity contribution in [3.8, 4) is 5.75 Å². The molecule has 1 aromatic carbocycles. The Morgan fingerprint density at radius 2 is 1.93 bits per heavy atom. The quantitative estimate of drug-likeness (QED) is 0.649. The number of anilines is 2. The van der Waals surface area contributed by atoms with E-state index in [1.807, 2.05) is 43.0 Å². The van der Waals surface area contributed by atoms with E-state index in [1.165, 1.54) is 4.57 Å². The highest BCUT2D eigenvalue weighted by atomic mass is 16.5. The van der Waals surface area contributed by atoms with Crippen molar-refractivity contribution in [1.82, 2.24) is 20.1 Å². The number of aromatic nitrogens is 3. The number of hydrogen-bond acceptors (Lipinski definition) is 7. The van der Waals surface area contributed by atoms with Gasteiger partial charge in [0.05, 0.1) is 6.61 Å². The van der Waals surface area contributed by atoms with Crippen molar-refractivity contribution in [1.29, 1.82) is 0 Å². The van der Waals surface area contributed by atoms with Crippen LogP contribution in [-0.4, -0.2) is 53.6 Å². The molecule has 1 aromatic heterocycles. The lowest BCUT2D eigenvalue weighted by molar-refractivity contribution is 0.0936. The Bertz CT molecular complexity index is 866. The average molecular weight is 387 g/mol. The van der Waals surface area contributed by atoms with Gasteiger partial charge in [0.25, 0.3) is 11.5 Å². The van der Waals surface area contributed by atoms with Gasteiger partial charge in [0, 0.05) is 38.5 Å². The molecular weight excluding hydrogens is 362 g/mol. The van der Waals surface area contributed by atoms with Gasteiger partial charge < -0.3 is 19.7 Å². The molecule has 9 nitrogen and oxygen atoms in total. The lowest BCUT2D eigenvalue weighted by atomic mass is 10.3. The summed E-state index contributed by atoms with van der Waals surface area (Å²) in [5, 5.41) is 10.7. The van der Waals surface area contributed by atoms with Crippen LogP contribution in [0.25, 0.3) is 0 Å². The Balaban J connectivity index is 1.71. The molecule has 0 spiro atoms. The van der Waals surface area contributed by atoms with E-state index in [1.54, 1.807) is 0 Å². The molecule has 0 aliphatic carbocycles. The van der Waals surface area contributed by atoms with Crippen LogP contribution in [0.2, 0.25) is 0 Å². The molecule has 0 saturated carbocycles. The van der Waals surface area contributed by atoms with Gasteiger partial charge in [0.2, 0.25) is 11.6 Å². The van der Waals surface area contributed by atoms with Crippen molar-refractivity contribution in [3.05, 3.63) is 40.3 Å².